The van der Waals surface area contributed by atoms with Gasteiger partial charge in [-0.1, -0.05) is 34.8 Å². The van der Waals surface area contributed by atoms with Crippen LogP contribution in [-0.4, -0.2) is 10.3 Å². The molecule has 1 aromatic heterocycles. The third-order valence-corrected chi connectivity index (χ3v) is 2.60. The molecular formula is C11H17Br2N. The van der Waals surface area contributed by atoms with Crippen molar-refractivity contribution >= 4 is 32.9 Å². The second-order valence-corrected chi connectivity index (χ2v) is 3.97. The maximum atomic E-state index is 4.29. The van der Waals surface area contributed by atoms with E-state index in [1.807, 2.05) is 12.3 Å². The molecular weight excluding hydrogens is 306 g/mol. The van der Waals surface area contributed by atoms with E-state index in [1.54, 1.807) is 0 Å². The summed E-state index contributed by atoms with van der Waals surface area (Å²) in [7, 11) is 0. The van der Waals surface area contributed by atoms with Crippen LogP contribution in [0.25, 0.3) is 0 Å². The highest BCUT2D eigenvalue weighted by molar-refractivity contribution is 9.09. The summed E-state index contributed by atoms with van der Waals surface area (Å²) in [5.41, 5.74) is 1.22. The Labute approximate surface area is 105 Å². The molecule has 0 aromatic carbocycles. The van der Waals surface area contributed by atoms with Gasteiger partial charge in [0.1, 0.15) is 0 Å². The summed E-state index contributed by atoms with van der Waals surface area (Å²) in [6.45, 7) is 0. The van der Waals surface area contributed by atoms with Crippen molar-refractivity contribution in [3.05, 3.63) is 30.1 Å². The Balaban J connectivity index is 0.00000169. The van der Waals surface area contributed by atoms with Gasteiger partial charge in [-0.05, 0) is 31.4 Å². The SMILES string of the molecule is Br.BrCCCCCCc1ccccn1. The lowest BCUT2D eigenvalue weighted by Crippen LogP contribution is -1.89. The number of aryl methyl sites for hydroxylation is 1. The molecule has 0 saturated carbocycles. The van der Waals surface area contributed by atoms with E-state index in [9.17, 15) is 0 Å². The summed E-state index contributed by atoms with van der Waals surface area (Å²) in [4.78, 5) is 4.29. The van der Waals surface area contributed by atoms with Crippen molar-refractivity contribution < 1.29 is 0 Å². The molecule has 0 aliphatic heterocycles. The molecule has 0 atom stereocenters. The molecule has 1 rings (SSSR count). The first-order chi connectivity index (χ1) is 6.43. The van der Waals surface area contributed by atoms with Crippen molar-refractivity contribution in [2.24, 2.45) is 0 Å². The molecule has 0 amide bonds. The molecule has 0 aliphatic carbocycles. The maximum Gasteiger partial charge on any atom is 0.0403 e. The van der Waals surface area contributed by atoms with Crippen molar-refractivity contribution in [3.8, 4) is 0 Å². The zero-order chi connectivity index (χ0) is 9.36. The van der Waals surface area contributed by atoms with Crippen molar-refractivity contribution in [3.63, 3.8) is 0 Å². The average Bonchev–Trinajstić information content (AvgIpc) is 2.19. The molecule has 80 valence electrons. The predicted octanol–water partition coefficient (Wildman–Crippen LogP) is 4.16. The van der Waals surface area contributed by atoms with E-state index in [1.165, 1.54) is 31.4 Å². The van der Waals surface area contributed by atoms with Crippen LogP contribution in [0.1, 0.15) is 31.4 Å². The summed E-state index contributed by atoms with van der Waals surface area (Å²) in [5.74, 6) is 0. The normalized spacial score (nSPS) is 9.50. The number of rotatable bonds is 6. The molecule has 0 N–H and O–H groups in total. The van der Waals surface area contributed by atoms with Gasteiger partial charge in [-0.15, -0.1) is 17.0 Å². The van der Waals surface area contributed by atoms with E-state index in [2.05, 4.69) is 33.0 Å². The van der Waals surface area contributed by atoms with Crippen LogP contribution in [0.3, 0.4) is 0 Å². The molecule has 0 fully saturated rings. The van der Waals surface area contributed by atoms with Gasteiger partial charge >= 0.3 is 0 Å². The first-order valence-electron chi connectivity index (χ1n) is 4.89. The molecule has 0 unspecified atom stereocenters. The second kappa shape index (κ2) is 9.66. The molecule has 1 aromatic rings. The minimum atomic E-state index is 0. The van der Waals surface area contributed by atoms with E-state index < -0.39 is 0 Å². The number of alkyl halides is 1. The summed E-state index contributed by atoms with van der Waals surface area (Å²) < 4.78 is 0. The molecule has 0 spiro atoms. The molecule has 1 nitrogen and oxygen atoms in total. The lowest BCUT2D eigenvalue weighted by molar-refractivity contribution is 0.665. The molecule has 0 radical (unpaired) electrons. The fourth-order valence-corrected chi connectivity index (χ4v) is 1.70. The van der Waals surface area contributed by atoms with Crippen molar-refractivity contribution in [2.45, 2.75) is 32.1 Å². The molecule has 3 heteroatoms. The van der Waals surface area contributed by atoms with Crippen LogP contribution in [-0.2, 0) is 6.42 Å². The highest BCUT2D eigenvalue weighted by atomic mass is 79.9. The third kappa shape index (κ3) is 6.55. The maximum absolute atomic E-state index is 4.29. The van der Waals surface area contributed by atoms with Crippen LogP contribution in [0, 0.1) is 0 Å². The van der Waals surface area contributed by atoms with E-state index in [4.69, 9.17) is 0 Å². The zero-order valence-corrected chi connectivity index (χ0v) is 11.6. The van der Waals surface area contributed by atoms with Crippen molar-refractivity contribution in [1.29, 1.82) is 0 Å². The van der Waals surface area contributed by atoms with Gasteiger partial charge in [0.05, 0.1) is 0 Å². The molecule has 1 heterocycles. The van der Waals surface area contributed by atoms with E-state index in [-0.39, 0.29) is 17.0 Å². The third-order valence-electron chi connectivity index (χ3n) is 2.04. The van der Waals surface area contributed by atoms with Gasteiger partial charge in [-0.3, -0.25) is 4.98 Å². The quantitative estimate of drug-likeness (QED) is 0.566. The van der Waals surface area contributed by atoms with Gasteiger partial charge in [-0.2, -0.15) is 0 Å². The Hall–Kier alpha value is 0.110. The van der Waals surface area contributed by atoms with Gasteiger partial charge in [-0.25, -0.2) is 0 Å². The minimum Gasteiger partial charge on any atom is -0.261 e. The topological polar surface area (TPSA) is 12.9 Å². The van der Waals surface area contributed by atoms with Crippen LogP contribution < -0.4 is 0 Å². The standard InChI is InChI=1S/C11H16BrN.BrH/c12-9-5-2-1-3-7-11-8-4-6-10-13-11;/h4,6,8,10H,1-3,5,7,9H2;1H. The smallest absolute Gasteiger partial charge is 0.0403 e. The number of halogens is 2. The lowest BCUT2D eigenvalue weighted by atomic mass is 10.1. The van der Waals surface area contributed by atoms with Gasteiger partial charge in [0.2, 0.25) is 0 Å². The molecule has 0 bridgehead atoms. The highest BCUT2D eigenvalue weighted by Gasteiger charge is 1.93. The van der Waals surface area contributed by atoms with Crippen molar-refractivity contribution in [1.82, 2.24) is 4.98 Å². The van der Waals surface area contributed by atoms with Crippen LogP contribution >= 0.6 is 32.9 Å². The summed E-state index contributed by atoms with van der Waals surface area (Å²) in [6, 6.07) is 6.12. The largest absolute Gasteiger partial charge is 0.261 e. The minimum absolute atomic E-state index is 0. The van der Waals surface area contributed by atoms with Gasteiger partial charge in [0.25, 0.3) is 0 Å². The van der Waals surface area contributed by atoms with Gasteiger partial charge in [0, 0.05) is 17.2 Å². The number of hydrogen-bond donors (Lipinski definition) is 0. The average molecular weight is 323 g/mol. The van der Waals surface area contributed by atoms with E-state index in [0.717, 1.165) is 11.8 Å². The van der Waals surface area contributed by atoms with Crippen LogP contribution in [0.4, 0.5) is 0 Å². The Kier molecular flexibility index (Phi) is 9.73. The Morgan fingerprint density at radius 3 is 2.50 bits per heavy atom. The number of pyridine rings is 1. The Morgan fingerprint density at radius 1 is 1.07 bits per heavy atom. The first-order valence-corrected chi connectivity index (χ1v) is 6.01. The van der Waals surface area contributed by atoms with E-state index >= 15 is 0 Å². The van der Waals surface area contributed by atoms with Crippen LogP contribution in [0.5, 0.6) is 0 Å². The number of aromatic nitrogens is 1. The van der Waals surface area contributed by atoms with E-state index in [0.29, 0.717) is 0 Å². The second-order valence-electron chi connectivity index (χ2n) is 3.17. The fraction of sp³-hybridized carbons (Fsp3) is 0.545. The summed E-state index contributed by atoms with van der Waals surface area (Å²) in [6.07, 6.45) is 8.21. The molecule has 0 aliphatic rings. The Bertz CT molecular complexity index is 214. The van der Waals surface area contributed by atoms with Crippen LogP contribution in [0.2, 0.25) is 0 Å². The monoisotopic (exact) mass is 321 g/mol. The number of hydrogen-bond acceptors (Lipinski definition) is 1. The lowest BCUT2D eigenvalue weighted by Gasteiger charge is -1.99. The number of nitrogens with zero attached hydrogens (tertiary/aromatic N) is 1. The Morgan fingerprint density at radius 2 is 1.86 bits per heavy atom. The van der Waals surface area contributed by atoms with Crippen molar-refractivity contribution in [2.75, 3.05) is 5.33 Å². The van der Waals surface area contributed by atoms with Crippen LogP contribution in [0.15, 0.2) is 24.4 Å². The molecule has 14 heavy (non-hydrogen) atoms. The fourth-order valence-electron chi connectivity index (χ4n) is 1.30. The summed E-state index contributed by atoms with van der Waals surface area (Å²) >= 11 is 3.43. The number of unbranched alkanes of at least 4 members (excludes halogenated alkanes) is 3. The summed E-state index contributed by atoms with van der Waals surface area (Å²) in [5, 5.41) is 1.14. The highest BCUT2D eigenvalue weighted by Crippen LogP contribution is 2.06. The first kappa shape index (κ1) is 14.1. The van der Waals surface area contributed by atoms with Gasteiger partial charge < -0.3 is 0 Å². The molecule has 0 saturated heterocycles. The zero-order valence-electron chi connectivity index (χ0n) is 8.29. The predicted molar refractivity (Wildman–Crippen MR) is 70.5 cm³/mol. The van der Waals surface area contributed by atoms with Gasteiger partial charge in [0.15, 0.2) is 0 Å².